The molecule has 3 atom stereocenters. The number of phosphoric acid groups is 1. The monoisotopic (exact) mass is 784 g/mol. The molecule has 0 spiro atoms. The first kappa shape index (κ1) is 51.9. The molecule has 0 rings (SSSR count). The Morgan fingerprint density at radius 1 is 0.648 bits per heavy atom. The Morgan fingerprint density at radius 2 is 1.20 bits per heavy atom. The zero-order valence-corrected chi connectivity index (χ0v) is 35.0. The highest BCUT2D eigenvalue weighted by atomic mass is 31.2. The van der Waals surface area contributed by atoms with E-state index in [1.807, 2.05) is 36.5 Å². The fourth-order valence-corrected chi connectivity index (χ4v) is 6.35. The number of rotatable bonds is 39. The molecule has 0 aromatic rings. The summed E-state index contributed by atoms with van der Waals surface area (Å²) in [6, 6.07) is 0. The van der Waals surface area contributed by atoms with Crippen molar-refractivity contribution in [1.82, 2.24) is 0 Å². The number of phosphoric ester groups is 1. The van der Waals surface area contributed by atoms with Crippen molar-refractivity contribution in [3.05, 3.63) is 48.6 Å². The van der Waals surface area contributed by atoms with Crippen LogP contribution < -0.4 is 5.73 Å². The number of carbonyl (C=O) groups excluding carboxylic acids is 2. The molecule has 0 bridgehead atoms. The maximum absolute atomic E-state index is 12.6. The average molecular weight is 784 g/mol. The average Bonchev–Trinajstić information content (AvgIpc) is 3.15. The summed E-state index contributed by atoms with van der Waals surface area (Å²) in [5.41, 5.74) is 5.34. The van der Waals surface area contributed by atoms with Crippen LogP contribution >= 0.6 is 7.82 Å². The summed E-state index contributed by atoms with van der Waals surface area (Å²) in [5, 5.41) is 10.0. The number of ether oxygens (including phenoxy) is 2. The van der Waals surface area contributed by atoms with Crippen LogP contribution in [0.25, 0.3) is 0 Å². The second kappa shape index (κ2) is 39.2. The molecular formula is C43H78NO9P. The van der Waals surface area contributed by atoms with Crippen LogP contribution in [-0.2, 0) is 32.7 Å². The third kappa shape index (κ3) is 38.2. The van der Waals surface area contributed by atoms with Crippen molar-refractivity contribution >= 4 is 19.8 Å². The molecule has 0 aromatic heterocycles. The van der Waals surface area contributed by atoms with E-state index in [0.717, 1.165) is 32.1 Å². The summed E-state index contributed by atoms with van der Waals surface area (Å²) in [5.74, 6) is -0.934. The van der Waals surface area contributed by atoms with Gasteiger partial charge < -0.3 is 25.2 Å². The molecule has 54 heavy (non-hydrogen) atoms. The molecule has 0 saturated heterocycles. The van der Waals surface area contributed by atoms with Crippen molar-refractivity contribution in [1.29, 1.82) is 0 Å². The smallest absolute Gasteiger partial charge is 0.462 e. The molecule has 0 saturated carbocycles. The lowest BCUT2D eigenvalue weighted by atomic mass is 10.0. The maximum Gasteiger partial charge on any atom is 0.472 e. The first-order valence-corrected chi connectivity index (χ1v) is 22.7. The summed E-state index contributed by atoms with van der Waals surface area (Å²) < 4.78 is 32.7. The van der Waals surface area contributed by atoms with Crippen LogP contribution in [-0.4, -0.2) is 60.5 Å². The summed E-state index contributed by atoms with van der Waals surface area (Å²) >= 11 is 0. The Hall–Kier alpha value is -2.07. The highest BCUT2D eigenvalue weighted by Crippen LogP contribution is 2.43. The largest absolute Gasteiger partial charge is 0.472 e. The van der Waals surface area contributed by atoms with E-state index in [1.54, 1.807) is 6.08 Å². The molecule has 0 heterocycles. The summed E-state index contributed by atoms with van der Waals surface area (Å²) in [6.45, 7) is 3.55. The number of aliphatic hydroxyl groups excluding tert-OH is 1. The van der Waals surface area contributed by atoms with Gasteiger partial charge in [0, 0.05) is 19.4 Å². The number of hydrogen-bond donors (Lipinski definition) is 3. The molecule has 1 unspecified atom stereocenters. The Bertz CT molecular complexity index is 1050. The summed E-state index contributed by atoms with van der Waals surface area (Å²) in [6.07, 6.45) is 40.2. The van der Waals surface area contributed by atoms with E-state index in [1.165, 1.54) is 89.9 Å². The predicted molar refractivity (Wildman–Crippen MR) is 221 cm³/mol. The third-order valence-corrected chi connectivity index (χ3v) is 9.78. The number of aliphatic hydroxyl groups is 1. The number of nitrogens with two attached hydrogens (primary N) is 1. The van der Waals surface area contributed by atoms with Gasteiger partial charge in [-0.1, -0.05) is 165 Å². The second-order valence-electron chi connectivity index (χ2n) is 14.1. The van der Waals surface area contributed by atoms with Gasteiger partial charge in [-0.25, -0.2) is 4.57 Å². The van der Waals surface area contributed by atoms with E-state index in [4.69, 9.17) is 24.3 Å². The Kier molecular flexibility index (Phi) is 37.7. The highest BCUT2D eigenvalue weighted by Gasteiger charge is 2.26. The Balaban J connectivity index is 4.31. The van der Waals surface area contributed by atoms with E-state index in [2.05, 4.69) is 19.9 Å². The lowest BCUT2D eigenvalue weighted by Gasteiger charge is -2.19. The summed E-state index contributed by atoms with van der Waals surface area (Å²) in [4.78, 5) is 34.8. The van der Waals surface area contributed by atoms with E-state index in [9.17, 15) is 24.2 Å². The van der Waals surface area contributed by atoms with Gasteiger partial charge in [0.2, 0.25) is 0 Å². The number of hydrogen-bond acceptors (Lipinski definition) is 9. The first-order chi connectivity index (χ1) is 26.2. The van der Waals surface area contributed by atoms with Gasteiger partial charge in [0.1, 0.15) is 6.61 Å². The van der Waals surface area contributed by atoms with Crippen molar-refractivity contribution in [2.45, 2.75) is 187 Å². The molecule has 4 N–H and O–H groups in total. The highest BCUT2D eigenvalue weighted by molar-refractivity contribution is 7.47. The third-order valence-electron chi connectivity index (χ3n) is 8.80. The van der Waals surface area contributed by atoms with Crippen LogP contribution in [0.1, 0.15) is 174 Å². The van der Waals surface area contributed by atoms with Crippen LogP contribution in [0.3, 0.4) is 0 Å². The fourth-order valence-electron chi connectivity index (χ4n) is 5.59. The van der Waals surface area contributed by atoms with Crippen molar-refractivity contribution < 1.29 is 42.7 Å². The minimum atomic E-state index is -4.40. The Labute approximate surface area is 329 Å². The van der Waals surface area contributed by atoms with Crippen LogP contribution in [0.4, 0.5) is 0 Å². The number of esters is 2. The van der Waals surface area contributed by atoms with Crippen molar-refractivity contribution in [2.24, 2.45) is 5.73 Å². The van der Waals surface area contributed by atoms with E-state index >= 15 is 0 Å². The molecule has 10 nitrogen and oxygen atoms in total. The van der Waals surface area contributed by atoms with E-state index < -0.39 is 38.6 Å². The predicted octanol–water partition coefficient (Wildman–Crippen LogP) is 10.9. The molecule has 0 aliphatic rings. The van der Waals surface area contributed by atoms with Gasteiger partial charge in [-0.2, -0.15) is 0 Å². The van der Waals surface area contributed by atoms with E-state index in [-0.39, 0.29) is 32.6 Å². The van der Waals surface area contributed by atoms with Crippen molar-refractivity contribution in [3.63, 3.8) is 0 Å². The maximum atomic E-state index is 12.6. The SMILES string of the molecule is CCCCC/C=C\C=C/[C@@H](O)C/C=C\C/C=C/CCCC(=O)OC[C@H](COP(=O)(O)OCCN)OC(=O)CCCCCCCCCCCCCCCCC. The van der Waals surface area contributed by atoms with Gasteiger partial charge in [0.05, 0.1) is 19.3 Å². The van der Waals surface area contributed by atoms with Gasteiger partial charge in [-0.15, -0.1) is 0 Å². The van der Waals surface area contributed by atoms with Crippen LogP contribution in [0, 0.1) is 0 Å². The van der Waals surface area contributed by atoms with E-state index in [0.29, 0.717) is 25.7 Å². The van der Waals surface area contributed by atoms with Crippen LogP contribution in [0.2, 0.25) is 0 Å². The molecule has 314 valence electrons. The number of unbranched alkanes of at least 4 members (excludes halogenated alkanes) is 18. The normalized spacial score (nSPS) is 14.4. The van der Waals surface area contributed by atoms with Gasteiger partial charge in [-0.3, -0.25) is 18.6 Å². The quantitative estimate of drug-likeness (QED) is 0.0180. The molecule has 0 aliphatic carbocycles. The lowest BCUT2D eigenvalue weighted by molar-refractivity contribution is -0.161. The molecule has 11 heteroatoms. The fraction of sp³-hybridized carbons (Fsp3) is 0.767. The van der Waals surface area contributed by atoms with Gasteiger partial charge in [-0.05, 0) is 44.9 Å². The topological polar surface area (TPSA) is 155 Å². The van der Waals surface area contributed by atoms with Crippen molar-refractivity contribution in [3.8, 4) is 0 Å². The minimum Gasteiger partial charge on any atom is -0.462 e. The first-order valence-electron chi connectivity index (χ1n) is 21.2. The number of carbonyl (C=O) groups is 2. The zero-order valence-electron chi connectivity index (χ0n) is 34.1. The van der Waals surface area contributed by atoms with Crippen molar-refractivity contribution in [2.75, 3.05) is 26.4 Å². The molecule has 0 fully saturated rings. The number of allylic oxidation sites excluding steroid dienone is 6. The second-order valence-corrected chi connectivity index (χ2v) is 15.5. The summed E-state index contributed by atoms with van der Waals surface area (Å²) in [7, 11) is -4.40. The standard InChI is InChI=1S/C43H78NO9P/c1-3-5-7-9-11-12-13-14-15-16-17-18-22-27-31-35-43(47)53-41(39-52-54(48,49)51-37-36-44)38-50-42(46)34-30-26-23-19-21-25-29-33-40(45)32-28-24-20-10-8-6-4-2/h19-20,23-25,28-29,32,40-41,45H,3-18,21-22,26-27,30-31,33-39,44H2,1-2H3,(H,48,49)/b23-19+,24-20-,29-25-,32-28-/t40-,41-/m1/s1. The molecule has 0 aromatic carbocycles. The lowest BCUT2D eigenvalue weighted by Crippen LogP contribution is -2.29. The Morgan fingerprint density at radius 3 is 1.83 bits per heavy atom. The van der Waals surface area contributed by atoms with Crippen LogP contribution in [0.15, 0.2) is 48.6 Å². The van der Waals surface area contributed by atoms with Gasteiger partial charge >= 0.3 is 19.8 Å². The van der Waals surface area contributed by atoms with Gasteiger partial charge in [0.25, 0.3) is 0 Å². The zero-order chi connectivity index (χ0) is 39.8. The van der Waals surface area contributed by atoms with Crippen LogP contribution in [0.5, 0.6) is 0 Å². The molecule has 0 amide bonds. The minimum absolute atomic E-state index is 0.0363. The molecule has 0 aliphatic heterocycles. The molecule has 0 radical (unpaired) electrons. The molecular weight excluding hydrogens is 705 g/mol. The van der Waals surface area contributed by atoms with Gasteiger partial charge in [0.15, 0.2) is 6.10 Å².